The molecule has 0 radical (unpaired) electrons. The number of hydrogen-bond acceptors (Lipinski definition) is 7. The number of anilines is 1. The maximum Gasteiger partial charge on any atom is 0.351 e. The monoisotopic (exact) mass is 283 g/mol. The third-order valence-electron chi connectivity index (χ3n) is 3.15. The Morgan fingerprint density at radius 1 is 1.50 bits per heavy atom. The van der Waals surface area contributed by atoms with Crippen LogP contribution in [0.3, 0.4) is 0 Å². The third kappa shape index (κ3) is 2.46. The third-order valence-corrected chi connectivity index (χ3v) is 3.15. The van der Waals surface area contributed by atoms with E-state index in [-0.39, 0.29) is 5.82 Å². The van der Waals surface area contributed by atoms with Gasteiger partial charge in [0, 0.05) is 11.8 Å². The zero-order valence-electron chi connectivity index (χ0n) is 10.9. The Bertz CT molecular complexity index is 571. The van der Waals surface area contributed by atoms with Crippen molar-refractivity contribution < 1.29 is 20.1 Å². The van der Waals surface area contributed by atoms with Gasteiger partial charge in [-0.1, -0.05) is 12.2 Å². The fourth-order valence-corrected chi connectivity index (χ4v) is 2.10. The summed E-state index contributed by atoms with van der Waals surface area (Å²) in [6.07, 6.45) is 0.0779. The van der Waals surface area contributed by atoms with Crippen LogP contribution >= 0.6 is 0 Å². The van der Waals surface area contributed by atoms with Crippen molar-refractivity contribution >= 4 is 11.9 Å². The molecule has 1 aromatic heterocycles. The van der Waals surface area contributed by atoms with Gasteiger partial charge in [0.25, 0.3) is 0 Å². The Hall–Kier alpha value is -1.74. The van der Waals surface area contributed by atoms with Gasteiger partial charge >= 0.3 is 5.69 Å². The molecular weight excluding hydrogens is 266 g/mol. The molecule has 20 heavy (non-hydrogen) atoms. The van der Waals surface area contributed by atoms with Crippen molar-refractivity contribution in [1.82, 2.24) is 9.55 Å². The van der Waals surface area contributed by atoms with Crippen LogP contribution < -0.4 is 11.4 Å². The van der Waals surface area contributed by atoms with Crippen LogP contribution in [0, 0.1) is 0 Å². The lowest BCUT2D eigenvalue weighted by atomic mass is 10.1. The Morgan fingerprint density at radius 2 is 2.20 bits per heavy atom. The van der Waals surface area contributed by atoms with Crippen LogP contribution in [0.1, 0.15) is 18.7 Å². The highest BCUT2D eigenvalue weighted by atomic mass is 16.6. The molecule has 0 aromatic carbocycles. The maximum atomic E-state index is 11.8. The van der Waals surface area contributed by atoms with E-state index >= 15 is 0 Å². The van der Waals surface area contributed by atoms with Crippen LogP contribution in [0.4, 0.5) is 5.82 Å². The van der Waals surface area contributed by atoms with Crippen molar-refractivity contribution in [2.24, 2.45) is 0 Å². The molecule has 0 amide bonds. The van der Waals surface area contributed by atoms with Gasteiger partial charge in [-0.05, 0) is 6.92 Å². The van der Waals surface area contributed by atoms with E-state index in [1.165, 1.54) is 6.20 Å². The molecule has 1 aromatic rings. The number of nitrogens with two attached hydrogens (primary N) is 1. The molecule has 0 spiro atoms. The van der Waals surface area contributed by atoms with Crippen molar-refractivity contribution in [3.05, 3.63) is 28.3 Å². The zero-order valence-corrected chi connectivity index (χ0v) is 10.9. The highest BCUT2D eigenvalue weighted by Crippen LogP contribution is 2.28. The first kappa shape index (κ1) is 14.7. The van der Waals surface area contributed by atoms with Crippen molar-refractivity contribution in [2.45, 2.75) is 31.5 Å². The number of aliphatic hydroxyl groups is 3. The van der Waals surface area contributed by atoms with Crippen LogP contribution in [-0.2, 0) is 4.74 Å². The largest absolute Gasteiger partial charge is 0.394 e. The smallest absolute Gasteiger partial charge is 0.351 e. The summed E-state index contributed by atoms with van der Waals surface area (Å²) in [5, 5.41) is 28.6. The van der Waals surface area contributed by atoms with Gasteiger partial charge in [-0.3, -0.25) is 4.57 Å². The predicted molar refractivity (Wildman–Crippen MR) is 70.6 cm³/mol. The molecule has 0 bridgehead atoms. The molecule has 1 aliphatic heterocycles. The fraction of sp³-hybridized carbons (Fsp3) is 0.500. The van der Waals surface area contributed by atoms with Crippen LogP contribution in [0.15, 0.2) is 17.1 Å². The van der Waals surface area contributed by atoms with E-state index < -0.39 is 36.8 Å². The quantitative estimate of drug-likeness (QED) is 0.529. The van der Waals surface area contributed by atoms with Crippen LogP contribution in [-0.4, -0.2) is 49.8 Å². The number of aliphatic hydroxyl groups excluding tert-OH is 3. The minimum atomic E-state index is -1.34. The standard InChI is InChI=1S/C12H17N3O5/c1-2-3-6-4-15(12(19)14-10(6)13)11-9(18)8(17)7(5-16)20-11/h2-4,7-9,11,16-18H,5H2,1H3,(H2,13,14,19)/t7-,8?,9?,11-/m1/s1. The number of ether oxygens (including phenoxy) is 1. The van der Waals surface area contributed by atoms with Gasteiger partial charge in [0.1, 0.15) is 24.1 Å². The Kier molecular flexibility index (Phi) is 4.19. The second-order valence-electron chi connectivity index (χ2n) is 4.50. The molecule has 2 heterocycles. The van der Waals surface area contributed by atoms with E-state index in [0.29, 0.717) is 5.56 Å². The molecule has 2 rings (SSSR count). The minimum Gasteiger partial charge on any atom is -0.394 e. The summed E-state index contributed by atoms with van der Waals surface area (Å²) in [7, 11) is 0. The Balaban J connectivity index is 2.43. The van der Waals surface area contributed by atoms with E-state index in [2.05, 4.69) is 4.98 Å². The highest BCUT2D eigenvalue weighted by molar-refractivity contribution is 5.59. The molecule has 1 fully saturated rings. The number of hydrogen-bond donors (Lipinski definition) is 4. The molecular formula is C12H17N3O5. The minimum absolute atomic E-state index is 0.0658. The van der Waals surface area contributed by atoms with E-state index in [9.17, 15) is 15.0 Å². The van der Waals surface area contributed by atoms with Gasteiger partial charge in [-0.15, -0.1) is 0 Å². The summed E-state index contributed by atoms with van der Waals surface area (Å²) in [6, 6.07) is 0. The predicted octanol–water partition coefficient (Wildman–Crippen LogP) is -1.53. The highest BCUT2D eigenvalue weighted by Gasteiger charge is 2.43. The van der Waals surface area contributed by atoms with Crippen molar-refractivity contribution in [1.29, 1.82) is 0 Å². The Morgan fingerprint density at radius 3 is 2.75 bits per heavy atom. The lowest BCUT2D eigenvalue weighted by Gasteiger charge is -2.18. The number of aromatic nitrogens is 2. The van der Waals surface area contributed by atoms with E-state index in [1.807, 2.05) is 0 Å². The number of allylic oxidation sites excluding steroid dienone is 1. The first-order chi connectivity index (χ1) is 9.49. The second-order valence-corrected chi connectivity index (χ2v) is 4.50. The van der Waals surface area contributed by atoms with Crippen molar-refractivity contribution in [3.8, 4) is 0 Å². The lowest BCUT2D eigenvalue weighted by Crippen LogP contribution is -2.36. The zero-order chi connectivity index (χ0) is 14.9. The normalized spacial score (nSPS) is 30.2. The van der Waals surface area contributed by atoms with Crippen molar-refractivity contribution in [2.75, 3.05) is 12.3 Å². The summed E-state index contributed by atoms with van der Waals surface area (Å²) in [4.78, 5) is 15.5. The number of rotatable bonds is 3. The van der Waals surface area contributed by atoms with Gasteiger partial charge in [0.15, 0.2) is 6.23 Å². The molecule has 2 unspecified atom stereocenters. The first-order valence-electron chi connectivity index (χ1n) is 6.13. The first-order valence-corrected chi connectivity index (χ1v) is 6.13. The van der Waals surface area contributed by atoms with Gasteiger partial charge in [-0.25, -0.2) is 4.79 Å². The van der Waals surface area contributed by atoms with E-state index in [4.69, 9.17) is 15.6 Å². The Labute approximate surface area is 114 Å². The van der Waals surface area contributed by atoms with Crippen molar-refractivity contribution in [3.63, 3.8) is 0 Å². The topological polar surface area (TPSA) is 131 Å². The average molecular weight is 283 g/mol. The van der Waals surface area contributed by atoms with Crippen LogP contribution in [0.2, 0.25) is 0 Å². The van der Waals surface area contributed by atoms with Gasteiger partial charge < -0.3 is 25.8 Å². The summed E-state index contributed by atoms with van der Waals surface area (Å²) in [5.41, 5.74) is 5.41. The summed E-state index contributed by atoms with van der Waals surface area (Å²) in [6.45, 7) is 1.31. The fourth-order valence-electron chi connectivity index (χ4n) is 2.10. The summed E-state index contributed by atoms with van der Waals surface area (Å²) >= 11 is 0. The van der Waals surface area contributed by atoms with E-state index in [1.54, 1.807) is 19.1 Å². The molecule has 5 N–H and O–H groups in total. The summed E-state index contributed by atoms with van der Waals surface area (Å²) < 4.78 is 6.33. The molecule has 0 aliphatic carbocycles. The van der Waals surface area contributed by atoms with E-state index in [0.717, 1.165) is 4.57 Å². The molecule has 110 valence electrons. The van der Waals surface area contributed by atoms with Gasteiger partial charge in [-0.2, -0.15) is 4.98 Å². The SMILES string of the molecule is CC=Cc1cn([C@@H]2O[C@H](CO)C(O)C2O)c(=O)nc1N. The maximum absolute atomic E-state index is 11.8. The molecule has 4 atom stereocenters. The lowest BCUT2D eigenvalue weighted by molar-refractivity contribution is -0.0549. The summed E-state index contributed by atoms with van der Waals surface area (Å²) in [5.74, 6) is 0.0658. The number of nitrogen functional groups attached to an aromatic ring is 1. The molecule has 0 saturated carbocycles. The van der Waals surface area contributed by atoms with Gasteiger partial charge in [0.2, 0.25) is 0 Å². The molecule has 1 saturated heterocycles. The van der Waals surface area contributed by atoms with Crippen LogP contribution in [0.25, 0.3) is 6.08 Å². The van der Waals surface area contributed by atoms with Gasteiger partial charge in [0.05, 0.1) is 6.61 Å². The molecule has 8 heteroatoms. The number of nitrogens with zero attached hydrogens (tertiary/aromatic N) is 2. The second kappa shape index (κ2) is 5.71. The molecule has 8 nitrogen and oxygen atoms in total. The average Bonchev–Trinajstić information content (AvgIpc) is 2.70. The molecule has 1 aliphatic rings. The van der Waals surface area contributed by atoms with Crippen LogP contribution in [0.5, 0.6) is 0 Å².